The Morgan fingerprint density at radius 3 is 2.26 bits per heavy atom. The summed E-state index contributed by atoms with van der Waals surface area (Å²) in [5.41, 5.74) is 15.4. The zero-order valence-corrected chi connectivity index (χ0v) is 21.9. The van der Waals surface area contributed by atoms with Gasteiger partial charge in [0, 0.05) is 5.56 Å². The fourth-order valence-electron chi connectivity index (χ4n) is 4.68. The second kappa shape index (κ2) is 10.6. The third kappa shape index (κ3) is 5.53. The Balaban J connectivity index is 1.90. The van der Waals surface area contributed by atoms with Crippen LogP contribution in [-0.4, -0.2) is 15.0 Å². The van der Waals surface area contributed by atoms with Gasteiger partial charge in [-0.15, -0.1) is 0 Å². The van der Waals surface area contributed by atoms with Gasteiger partial charge in [-0.25, -0.2) is 15.0 Å². The smallest absolute Gasteiger partial charge is 0.165 e. The van der Waals surface area contributed by atoms with Crippen LogP contribution in [0.3, 0.4) is 0 Å². The number of fused-ring (bicyclic) bond motifs is 1. The summed E-state index contributed by atoms with van der Waals surface area (Å²) in [5.74, 6) is 0.466. The summed E-state index contributed by atoms with van der Waals surface area (Å²) in [7, 11) is 0. The van der Waals surface area contributed by atoms with Crippen molar-refractivity contribution in [1.82, 2.24) is 15.0 Å². The minimum Gasteiger partial charge on any atom is -0.383 e. The monoisotopic (exact) mass is 466 g/mol. The van der Waals surface area contributed by atoms with E-state index < -0.39 is 0 Å². The topological polar surface area (TPSA) is 64.7 Å². The number of aromatic nitrogens is 3. The van der Waals surface area contributed by atoms with E-state index in [1.165, 1.54) is 47.8 Å². The fraction of sp³-hybridized carbons (Fsp3) is 0.387. The predicted octanol–water partition coefficient (Wildman–Crippen LogP) is 7.92. The molecule has 0 amide bonds. The second-order valence-electron chi connectivity index (χ2n) is 10.5. The van der Waals surface area contributed by atoms with Crippen LogP contribution < -0.4 is 5.73 Å². The quantitative estimate of drug-likeness (QED) is 0.268. The van der Waals surface area contributed by atoms with E-state index in [0.717, 1.165) is 41.5 Å². The van der Waals surface area contributed by atoms with E-state index in [0.29, 0.717) is 11.5 Å². The zero-order valence-electron chi connectivity index (χ0n) is 21.9. The molecular formula is C31H38N4. The van der Waals surface area contributed by atoms with Crippen LogP contribution in [0.2, 0.25) is 0 Å². The van der Waals surface area contributed by atoms with Gasteiger partial charge >= 0.3 is 0 Å². The lowest BCUT2D eigenvalue weighted by Crippen LogP contribution is -2.12. The first-order valence-electron chi connectivity index (χ1n) is 13.0. The van der Waals surface area contributed by atoms with E-state index in [1.54, 1.807) is 0 Å². The van der Waals surface area contributed by atoms with Crippen molar-refractivity contribution in [2.75, 3.05) is 5.73 Å². The first-order chi connectivity index (χ1) is 16.8. The van der Waals surface area contributed by atoms with Crippen molar-refractivity contribution in [2.24, 2.45) is 0 Å². The molecule has 0 saturated heterocycles. The molecule has 2 N–H and O–H groups in total. The Bertz CT molecular complexity index is 1300. The molecular weight excluding hydrogens is 428 g/mol. The molecule has 4 aromatic rings. The molecule has 0 spiro atoms. The Hall–Kier alpha value is -3.27. The standard InChI is InChI=1S/C31H38N4/c1-6-8-9-11-23-18-24(31(3,4)5)16-17-25(23)27-19-26(22-14-12-21(10-7-2)13-15-22)28-29(32)33-20-34-30(28)35-27/h12-20H,6-11H2,1-5H3,(H2,32,33,34,35). The van der Waals surface area contributed by atoms with Crippen LogP contribution in [0.5, 0.6) is 0 Å². The number of pyridine rings is 1. The maximum absolute atomic E-state index is 6.35. The van der Waals surface area contributed by atoms with Crippen LogP contribution in [0.1, 0.15) is 77.0 Å². The van der Waals surface area contributed by atoms with Gasteiger partial charge in [-0.1, -0.05) is 96.3 Å². The van der Waals surface area contributed by atoms with Gasteiger partial charge in [0.2, 0.25) is 0 Å². The fourth-order valence-corrected chi connectivity index (χ4v) is 4.68. The summed E-state index contributed by atoms with van der Waals surface area (Å²) < 4.78 is 0. The molecule has 0 saturated carbocycles. The number of hydrogen-bond donors (Lipinski definition) is 1. The van der Waals surface area contributed by atoms with Crippen LogP contribution in [0.4, 0.5) is 5.82 Å². The molecule has 2 aromatic carbocycles. The van der Waals surface area contributed by atoms with Gasteiger partial charge < -0.3 is 5.73 Å². The molecule has 2 heterocycles. The molecule has 182 valence electrons. The lowest BCUT2D eigenvalue weighted by molar-refractivity contribution is 0.588. The number of nitrogen functional groups attached to an aromatic ring is 1. The number of rotatable bonds is 8. The summed E-state index contributed by atoms with van der Waals surface area (Å²) in [5, 5.41) is 0.818. The number of nitrogens with zero attached hydrogens (tertiary/aromatic N) is 3. The van der Waals surface area contributed by atoms with Crippen molar-refractivity contribution in [3.63, 3.8) is 0 Å². The number of nitrogens with two attached hydrogens (primary N) is 1. The van der Waals surface area contributed by atoms with Crippen LogP contribution in [-0.2, 0) is 18.3 Å². The molecule has 35 heavy (non-hydrogen) atoms. The molecule has 4 nitrogen and oxygen atoms in total. The third-order valence-electron chi connectivity index (χ3n) is 6.73. The van der Waals surface area contributed by atoms with Crippen molar-refractivity contribution < 1.29 is 0 Å². The third-order valence-corrected chi connectivity index (χ3v) is 6.73. The maximum atomic E-state index is 6.35. The van der Waals surface area contributed by atoms with E-state index in [2.05, 4.69) is 93.1 Å². The number of unbranched alkanes of at least 4 members (excludes halogenated alkanes) is 2. The van der Waals surface area contributed by atoms with E-state index >= 15 is 0 Å². The maximum Gasteiger partial charge on any atom is 0.165 e. The number of benzene rings is 2. The second-order valence-corrected chi connectivity index (χ2v) is 10.5. The van der Waals surface area contributed by atoms with Crippen molar-refractivity contribution in [1.29, 1.82) is 0 Å². The van der Waals surface area contributed by atoms with E-state index in [9.17, 15) is 0 Å². The minimum atomic E-state index is 0.0991. The van der Waals surface area contributed by atoms with Gasteiger partial charge in [0.15, 0.2) is 5.65 Å². The highest BCUT2D eigenvalue weighted by Gasteiger charge is 2.19. The average Bonchev–Trinajstić information content (AvgIpc) is 2.84. The Kier molecular flexibility index (Phi) is 7.49. The van der Waals surface area contributed by atoms with Crippen molar-refractivity contribution in [2.45, 2.75) is 78.6 Å². The van der Waals surface area contributed by atoms with Crippen molar-refractivity contribution >= 4 is 16.9 Å². The molecule has 0 radical (unpaired) electrons. The average molecular weight is 467 g/mol. The van der Waals surface area contributed by atoms with Crippen molar-refractivity contribution in [3.8, 4) is 22.4 Å². The summed E-state index contributed by atoms with van der Waals surface area (Å²) in [6, 6.07) is 17.8. The van der Waals surface area contributed by atoms with E-state index in [-0.39, 0.29) is 5.41 Å². The van der Waals surface area contributed by atoms with Gasteiger partial charge in [0.25, 0.3) is 0 Å². The number of anilines is 1. The Morgan fingerprint density at radius 1 is 0.800 bits per heavy atom. The predicted molar refractivity (Wildman–Crippen MR) is 149 cm³/mol. The molecule has 0 atom stereocenters. The molecule has 0 aliphatic heterocycles. The molecule has 4 heteroatoms. The molecule has 0 aliphatic rings. The number of hydrogen-bond acceptors (Lipinski definition) is 4. The summed E-state index contributed by atoms with van der Waals surface area (Å²) >= 11 is 0. The first kappa shape index (κ1) is 24.8. The molecule has 2 aromatic heterocycles. The number of aryl methyl sites for hydroxylation is 2. The zero-order chi connectivity index (χ0) is 25.0. The summed E-state index contributed by atoms with van der Waals surface area (Å²) in [6.07, 6.45) is 8.36. The molecule has 0 fully saturated rings. The Labute approximate surface area is 210 Å². The highest BCUT2D eigenvalue weighted by atomic mass is 15.0. The Morgan fingerprint density at radius 2 is 1.57 bits per heavy atom. The summed E-state index contributed by atoms with van der Waals surface area (Å²) in [4.78, 5) is 13.8. The van der Waals surface area contributed by atoms with E-state index in [1.807, 2.05) is 0 Å². The minimum absolute atomic E-state index is 0.0991. The van der Waals surface area contributed by atoms with Gasteiger partial charge in [0.1, 0.15) is 12.1 Å². The summed E-state index contributed by atoms with van der Waals surface area (Å²) in [6.45, 7) is 11.3. The lowest BCUT2D eigenvalue weighted by Gasteiger charge is -2.22. The van der Waals surface area contributed by atoms with Gasteiger partial charge in [0.05, 0.1) is 11.1 Å². The molecule has 4 rings (SSSR count). The molecule has 0 unspecified atom stereocenters. The highest BCUT2D eigenvalue weighted by molar-refractivity contribution is 6.01. The SMILES string of the molecule is CCCCCc1cc(C(C)(C)C)ccc1-c1cc(-c2ccc(CCC)cc2)c2c(N)ncnc2n1. The van der Waals surface area contributed by atoms with Gasteiger partial charge in [-0.05, 0) is 58.6 Å². The van der Waals surface area contributed by atoms with Crippen LogP contribution >= 0.6 is 0 Å². The first-order valence-corrected chi connectivity index (χ1v) is 13.0. The van der Waals surface area contributed by atoms with Crippen molar-refractivity contribution in [3.05, 3.63) is 71.5 Å². The van der Waals surface area contributed by atoms with Crippen LogP contribution in [0.25, 0.3) is 33.4 Å². The van der Waals surface area contributed by atoms with Crippen LogP contribution in [0, 0.1) is 0 Å². The normalized spacial score (nSPS) is 11.8. The lowest BCUT2D eigenvalue weighted by atomic mass is 9.84. The van der Waals surface area contributed by atoms with E-state index in [4.69, 9.17) is 10.7 Å². The van der Waals surface area contributed by atoms with Gasteiger partial charge in [-0.3, -0.25) is 0 Å². The highest BCUT2D eigenvalue weighted by Crippen LogP contribution is 2.36. The molecule has 0 aliphatic carbocycles. The molecule has 0 bridgehead atoms. The van der Waals surface area contributed by atoms with Gasteiger partial charge in [-0.2, -0.15) is 0 Å². The van der Waals surface area contributed by atoms with Crippen LogP contribution in [0.15, 0.2) is 54.9 Å². The largest absolute Gasteiger partial charge is 0.383 e.